The number of nitrogens with one attached hydrogen (secondary N) is 1. The van der Waals surface area contributed by atoms with E-state index in [9.17, 15) is 4.79 Å². The number of amides is 1. The number of aromatic nitrogens is 5. The Morgan fingerprint density at radius 3 is 2.86 bits per heavy atom. The third-order valence-corrected chi connectivity index (χ3v) is 5.26. The number of fused-ring (bicyclic) bond motifs is 1. The first-order valence-corrected chi connectivity index (χ1v) is 9.50. The lowest BCUT2D eigenvalue weighted by Gasteiger charge is -2.23. The van der Waals surface area contributed by atoms with E-state index in [1.165, 1.54) is 5.56 Å². The summed E-state index contributed by atoms with van der Waals surface area (Å²) in [6.45, 7) is 2.06. The summed E-state index contributed by atoms with van der Waals surface area (Å²) in [5.74, 6) is 0.555. The lowest BCUT2D eigenvalue weighted by Crippen LogP contribution is -2.24. The molecule has 144 valence electrons. The zero-order valence-electron chi connectivity index (χ0n) is 16.2. The minimum atomic E-state index is -0.136. The van der Waals surface area contributed by atoms with Crippen LogP contribution >= 0.6 is 0 Å². The Hall–Kier alpha value is -3.74. The van der Waals surface area contributed by atoms with Crippen molar-refractivity contribution in [2.45, 2.75) is 19.3 Å². The zero-order valence-corrected chi connectivity index (χ0v) is 16.2. The quantitative estimate of drug-likeness (QED) is 0.587. The molecule has 0 fully saturated rings. The van der Waals surface area contributed by atoms with E-state index in [0.29, 0.717) is 6.42 Å². The van der Waals surface area contributed by atoms with Gasteiger partial charge >= 0.3 is 0 Å². The van der Waals surface area contributed by atoms with Gasteiger partial charge in [0.05, 0.1) is 17.6 Å². The van der Waals surface area contributed by atoms with E-state index in [1.54, 1.807) is 10.9 Å². The number of hydrogen-bond acceptors (Lipinski definition) is 4. The van der Waals surface area contributed by atoms with Crippen LogP contribution in [0.15, 0.2) is 61.1 Å². The Bertz CT molecular complexity index is 1210. The number of rotatable bonds is 3. The molecule has 0 aliphatic carbocycles. The second-order valence-electron chi connectivity index (χ2n) is 7.31. The van der Waals surface area contributed by atoms with Gasteiger partial charge in [-0.2, -0.15) is 10.2 Å². The van der Waals surface area contributed by atoms with E-state index in [4.69, 9.17) is 0 Å². The number of carbonyl (C=O) groups is 1. The molecule has 4 heterocycles. The van der Waals surface area contributed by atoms with Crippen molar-refractivity contribution in [2.75, 3.05) is 5.32 Å². The van der Waals surface area contributed by atoms with E-state index in [2.05, 4.69) is 39.6 Å². The fourth-order valence-corrected chi connectivity index (χ4v) is 3.89. The fourth-order valence-electron chi connectivity index (χ4n) is 3.89. The summed E-state index contributed by atoms with van der Waals surface area (Å²) in [4.78, 5) is 16.9. The van der Waals surface area contributed by atoms with Crippen molar-refractivity contribution in [3.63, 3.8) is 0 Å². The third kappa shape index (κ3) is 3.00. The molecule has 0 unspecified atom stereocenters. The van der Waals surface area contributed by atoms with Crippen LogP contribution in [0.3, 0.4) is 0 Å². The first kappa shape index (κ1) is 17.4. The second kappa shape index (κ2) is 6.70. The van der Waals surface area contributed by atoms with Gasteiger partial charge in [0.1, 0.15) is 11.5 Å². The summed E-state index contributed by atoms with van der Waals surface area (Å²) < 4.78 is 3.57. The minimum Gasteiger partial charge on any atom is -0.311 e. The highest BCUT2D eigenvalue weighted by atomic mass is 16.1. The van der Waals surface area contributed by atoms with Gasteiger partial charge < -0.3 is 5.32 Å². The van der Waals surface area contributed by atoms with Gasteiger partial charge in [0.2, 0.25) is 5.91 Å². The molecular weight excluding hydrogens is 364 g/mol. The number of nitrogens with zero attached hydrogens (tertiary/aromatic N) is 5. The molecule has 0 radical (unpaired) electrons. The molecule has 0 saturated carbocycles. The Morgan fingerprint density at radius 2 is 2.07 bits per heavy atom. The van der Waals surface area contributed by atoms with Crippen molar-refractivity contribution in [1.29, 1.82) is 0 Å². The Labute approximate surface area is 168 Å². The zero-order chi connectivity index (χ0) is 20.0. The molecule has 1 aliphatic rings. The highest BCUT2D eigenvalue weighted by Crippen LogP contribution is 2.42. The van der Waals surface area contributed by atoms with Crippen LogP contribution in [-0.2, 0) is 11.8 Å². The number of hydrogen-bond donors (Lipinski definition) is 1. The van der Waals surface area contributed by atoms with E-state index in [-0.39, 0.29) is 11.8 Å². The topological polar surface area (TPSA) is 77.6 Å². The molecule has 1 N–H and O–H groups in total. The maximum absolute atomic E-state index is 12.4. The van der Waals surface area contributed by atoms with Crippen LogP contribution in [0.2, 0.25) is 0 Å². The average molecular weight is 384 g/mol. The highest BCUT2D eigenvalue weighted by Gasteiger charge is 2.34. The summed E-state index contributed by atoms with van der Waals surface area (Å²) in [7, 11) is 1.84. The summed E-state index contributed by atoms with van der Waals surface area (Å²) in [5, 5.41) is 12.2. The average Bonchev–Trinajstić information content (AvgIpc) is 3.34. The minimum absolute atomic E-state index is 0.0265. The molecule has 0 bridgehead atoms. The summed E-state index contributed by atoms with van der Waals surface area (Å²) in [6.07, 6.45) is 5.93. The van der Waals surface area contributed by atoms with Crippen LogP contribution in [0.4, 0.5) is 5.82 Å². The Kier molecular flexibility index (Phi) is 4.01. The van der Waals surface area contributed by atoms with E-state index in [1.807, 2.05) is 54.5 Å². The van der Waals surface area contributed by atoms with Crippen LogP contribution in [0.1, 0.15) is 29.0 Å². The molecule has 0 saturated heterocycles. The van der Waals surface area contributed by atoms with Gasteiger partial charge in [-0.05, 0) is 42.3 Å². The monoisotopic (exact) mass is 384 g/mol. The Balaban J connectivity index is 1.62. The van der Waals surface area contributed by atoms with Gasteiger partial charge in [0.15, 0.2) is 0 Å². The summed E-state index contributed by atoms with van der Waals surface area (Å²) >= 11 is 0. The van der Waals surface area contributed by atoms with Gasteiger partial charge in [-0.3, -0.25) is 14.5 Å². The number of pyridine rings is 1. The second-order valence-corrected chi connectivity index (χ2v) is 7.31. The van der Waals surface area contributed by atoms with E-state index >= 15 is 0 Å². The fraction of sp³-hybridized carbons (Fsp3) is 0.182. The highest BCUT2D eigenvalue weighted by molar-refractivity contribution is 5.96. The van der Waals surface area contributed by atoms with Gasteiger partial charge in [-0.15, -0.1) is 0 Å². The molecule has 1 aliphatic heterocycles. The third-order valence-electron chi connectivity index (χ3n) is 5.26. The molecule has 5 rings (SSSR count). The van der Waals surface area contributed by atoms with Crippen LogP contribution in [0.25, 0.3) is 17.1 Å². The number of benzene rings is 1. The van der Waals surface area contributed by atoms with Crippen molar-refractivity contribution in [2.24, 2.45) is 7.05 Å². The predicted molar refractivity (Wildman–Crippen MR) is 110 cm³/mol. The van der Waals surface area contributed by atoms with E-state index < -0.39 is 0 Å². The molecule has 3 aromatic heterocycles. The predicted octanol–water partition coefficient (Wildman–Crippen LogP) is 3.45. The first-order chi connectivity index (χ1) is 14.1. The molecule has 1 atom stereocenters. The molecule has 7 heteroatoms. The van der Waals surface area contributed by atoms with Crippen LogP contribution in [0.5, 0.6) is 0 Å². The van der Waals surface area contributed by atoms with Crippen LogP contribution in [-0.4, -0.2) is 30.5 Å². The molecule has 7 nitrogen and oxygen atoms in total. The molecule has 1 aromatic carbocycles. The Morgan fingerprint density at radius 1 is 1.17 bits per heavy atom. The number of carbonyl (C=O) groups excluding carboxylic acids is 1. The smallest absolute Gasteiger partial charge is 0.226 e. The standard InChI is InChI=1S/C22H20N6O/c1-14-6-5-7-16(10-14)28-13-15(12-24-28)17-11-19(29)25-22-20(17)21(26-27(22)2)18-8-3-4-9-23-18/h3-10,12-13,17H,11H2,1-2H3,(H,25,29)/t17-/m0/s1. The molecular formula is C22H20N6O. The maximum Gasteiger partial charge on any atom is 0.226 e. The normalized spacial score (nSPS) is 15.8. The van der Waals surface area contributed by atoms with Crippen LogP contribution < -0.4 is 5.32 Å². The van der Waals surface area contributed by atoms with Crippen molar-refractivity contribution in [1.82, 2.24) is 24.5 Å². The van der Waals surface area contributed by atoms with Crippen molar-refractivity contribution < 1.29 is 4.79 Å². The number of aryl methyl sites for hydroxylation is 2. The molecule has 4 aromatic rings. The van der Waals surface area contributed by atoms with Crippen molar-refractivity contribution in [3.8, 4) is 17.1 Å². The lowest BCUT2D eigenvalue weighted by molar-refractivity contribution is -0.116. The number of anilines is 1. The molecule has 29 heavy (non-hydrogen) atoms. The van der Waals surface area contributed by atoms with Crippen LogP contribution in [0, 0.1) is 6.92 Å². The first-order valence-electron chi connectivity index (χ1n) is 9.50. The SMILES string of the molecule is Cc1cccc(-n2cc([C@@H]3CC(=O)Nc4c3c(-c3ccccn3)nn4C)cn2)c1. The van der Waals surface area contributed by atoms with Gasteiger partial charge in [0.25, 0.3) is 0 Å². The van der Waals surface area contributed by atoms with Gasteiger partial charge in [0, 0.05) is 37.3 Å². The molecule has 1 amide bonds. The maximum atomic E-state index is 12.4. The van der Waals surface area contributed by atoms with E-state index in [0.717, 1.165) is 34.0 Å². The van der Waals surface area contributed by atoms with Crippen molar-refractivity contribution in [3.05, 3.63) is 77.7 Å². The largest absolute Gasteiger partial charge is 0.311 e. The lowest BCUT2D eigenvalue weighted by atomic mass is 9.86. The summed E-state index contributed by atoms with van der Waals surface area (Å²) in [6, 6.07) is 13.9. The van der Waals surface area contributed by atoms with Crippen molar-refractivity contribution >= 4 is 11.7 Å². The van der Waals surface area contributed by atoms with Gasteiger partial charge in [-0.25, -0.2) is 4.68 Å². The molecule has 0 spiro atoms. The summed E-state index contributed by atoms with van der Waals surface area (Å²) in [5.41, 5.74) is 5.70. The van der Waals surface area contributed by atoms with Gasteiger partial charge in [-0.1, -0.05) is 18.2 Å².